The first-order chi connectivity index (χ1) is 12.1. The van der Waals surface area contributed by atoms with E-state index in [1.165, 1.54) is 0 Å². The smallest absolute Gasteiger partial charge is 0.170 e. The maximum Gasteiger partial charge on any atom is 0.170 e. The first-order valence-electron chi connectivity index (χ1n) is 9.08. The van der Waals surface area contributed by atoms with Gasteiger partial charge in [0.05, 0.1) is 0 Å². The zero-order valence-corrected chi connectivity index (χ0v) is 15.6. The monoisotopic (exact) mass is 339 g/mol. The van der Waals surface area contributed by atoms with Gasteiger partial charge in [0.15, 0.2) is 5.78 Å². The SMILES string of the molecule is CCCC[C@@H](C(=O)c1ccc(OCCN(C)C)cc1)c1ccccc1. The molecule has 2 aromatic rings. The highest BCUT2D eigenvalue weighted by molar-refractivity contribution is 6.01. The summed E-state index contributed by atoms with van der Waals surface area (Å²) >= 11 is 0. The van der Waals surface area contributed by atoms with E-state index in [-0.39, 0.29) is 11.7 Å². The van der Waals surface area contributed by atoms with E-state index in [1.807, 2.05) is 56.6 Å². The number of likely N-dealkylation sites (N-methyl/N-ethyl adjacent to an activating group) is 1. The normalized spacial score (nSPS) is 12.2. The minimum atomic E-state index is -0.0679. The molecule has 1 atom stereocenters. The molecule has 0 N–H and O–H groups in total. The van der Waals surface area contributed by atoms with Gasteiger partial charge in [-0.25, -0.2) is 0 Å². The molecular formula is C22H29NO2. The number of nitrogens with zero attached hydrogens (tertiary/aromatic N) is 1. The van der Waals surface area contributed by atoms with E-state index in [0.29, 0.717) is 6.61 Å². The average molecular weight is 339 g/mol. The zero-order valence-electron chi connectivity index (χ0n) is 15.6. The molecular weight excluding hydrogens is 310 g/mol. The number of ether oxygens (including phenoxy) is 1. The average Bonchev–Trinajstić information content (AvgIpc) is 2.63. The molecule has 0 radical (unpaired) electrons. The molecule has 134 valence electrons. The molecule has 0 aliphatic rings. The van der Waals surface area contributed by atoms with Crippen LogP contribution in [0.3, 0.4) is 0 Å². The van der Waals surface area contributed by atoms with Crippen molar-refractivity contribution < 1.29 is 9.53 Å². The second kappa shape index (κ2) is 10.00. The number of hydrogen-bond acceptors (Lipinski definition) is 3. The standard InChI is InChI=1S/C22H29NO2/c1-4-5-11-21(18-9-7-6-8-10-18)22(24)19-12-14-20(15-13-19)25-17-16-23(2)3/h6-10,12-15,21H,4-5,11,16-17H2,1-3H3/t21-/m1/s1. The van der Waals surface area contributed by atoms with Crippen LogP contribution in [0.2, 0.25) is 0 Å². The highest BCUT2D eigenvalue weighted by Crippen LogP contribution is 2.27. The third kappa shape index (κ3) is 6.02. The molecule has 0 aliphatic carbocycles. The maximum atomic E-state index is 13.0. The lowest BCUT2D eigenvalue weighted by molar-refractivity contribution is 0.0954. The van der Waals surface area contributed by atoms with Crippen LogP contribution >= 0.6 is 0 Å². The first-order valence-corrected chi connectivity index (χ1v) is 9.08. The summed E-state index contributed by atoms with van der Waals surface area (Å²) in [6, 6.07) is 17.7. The number of ketones is 1. The fourth-order valence-electron chi connectivity index (χ4n) is 2.81. The molecule has 25 heavy (non-hydrogen) atoms. The van der Waals surface area contributed by atoms with Crippen molar-refractivity contribution in [1.29, 1.82) is 0 Å². The quantitative estimate of drug-likeness (QED) is 0.583. The molecule has 0 spiro atoms. The van der Waals surface area contributed by atoms with Crippen molar-refractivity contribution in [2.45, 2.75) is 32.1 Å². The van der Waals surface area contributed by atoms with Crippen LogP contribution in [0.5, 0.6) is 5.75 Å². The van der Waals surface area contributed by atoms with Gasteiger partial charge in [0.2, 0.25) is 0 Å². The fraction of sp³-hybridized carbons (Fsp3) is 0.409. The Morgan fingerprint density at radius 2 is 1.72 bits per heavy atom. The van der Waals surface area contributed by atoms with Gasteiger partial charge in [0, 0.05) is 18.0 Å². The number of rotatable bonds is 10. The zero-order chi connectivity index (χ0) is 18.1. The summed E-state index contributed by atoms with van der Waals surface area (Å²) in [7, 11) is 4.04. The van der Waals surface area contributed by atoms with E-state index in [4.69, 9.17) is 4.74 Å². The molecule has 0 amide bonds. The van der Waals surface area contributed by atoms with Gasteiger partial charge in [0.1, 0.15) is 12.4 Å². The first kappa shape index (κ1) is 19.2. The van der Waals surface area contributed by atoms with Crippen LogP contribution in [0.1, 0.15) is 48.0 Å². The van der Waals surface area contributed by atoms with Crippen LogP contribution in [0, 0.1) is 0 Å². The lowest BCUT2D eigenvalue weighted by Gasteiger charge is -2.16. The molecule has 0 heterocycles. The molecule has 0 fully saturated rings. The van der Waals surface area contributed by atoms with Crippen molar-refractivity contribution in [2.24, 2.45) is 0 Å². The molecule has 2 aromatic carbocycles. The molecule has 3 nitrogen and oxygen atoms in total. The van der Waals surface area contributed by atoms with Crippen LogP contribution in [0.15, 0.2) is 54.6 Å². The Bertz CT molecular complexity index is 635. The number of unbranched alkanes of at least 4 members (excludes halogenated alkanes) is 1. The molecule has 0 bridgehead atoms. The Morgan fingerprint density at radius 3 is 2.32 bits per heavy atom. The van der Waals surface area contributed by atoms with Crippen molar-refractivity contribution >= 4 is 5.78 Å². The van der Waals surface area contributed by atoms with Gasteiger partial charge in [-0.1, -0.05) is 50.1 Å². The van der Waals surface area contributed by atoms with Crippen molar-refractivity contribution in [1.82, 2.24) is 4.90 Å². The van der Waals surface area contributed by atoms with Gasteiger partial charge < -0.3 is 9.64 Å². The highest BCUT2D eigenvalue weighted by atomic mass is 16.5. The Labute approximate surface area is 151 Å². The van der Waals surface area contributed by atoms with Gasteiger partial charge in [-0.2, -0.15) is 0 Å². The van der Waals surface area contributed by atoms with Crippen molar-refractivity contribution in [3.05, 3.63) is 65.7 Å². The molecule has 0 aromatic heterocycles. The molecule has 3 heteroatoms. The van der Waals surface area contributed by atoms with Gasteiger partial charge in [-0.15, -0.1) is 0 Å². The molecule has 0 unspecified atom stereocenters. The van der Waals surface area contributed by atoms with Crippen LogP contribution in [-0.2, 0) is 0 Å². The van der Waals surface area contributed by atoms with E-state index >= 15 is 0 Å². The van der Waals surface area contributed by atoms with E-state index in [2.05, 4.69) is 24.0 Å². The van der Waals surface area contributed by atoms with Crippen LogP contribution in [0.25, 0.3) is 0 Å². The molecule has 2 rings (SSSR count). The Morgan fingerprint density at radius 1 is 1.04 bits per heavy atom. The summed E-state index contributed by atoms with van der Waals surface area (Å²) in [5.41, 5.74) is 1.86. The minimum absolute atomic E-state index is 0.0679. The van der Waals surface area contributed by atoms with E-state index in [9.17, 15) is 4.79 Å². The van der Waals surface area contributed by atoms with Crippen LogP contribution in [0.4, 0.5) is 0 Å². The van der Waals surface area contributed by atoms with E-state index in [0.717, 1.165) is 42.7 Å². The summed E-state index contributed by atoms with van der Waals surface area (Å²) in [6.07, 6.45) is 3.03. The largest absolute Gasteiger partial charge is 0.492 e. The van der Waals surface area contributed by atoms with Gasteiger partial charge in [-0.05, 0) is 50.3 Å². The van der Waals surface area contributed by atoms with Gasteiger partial charge >= 0.3 is 0 Å². The number of carbonyl (C=O) groups is 1. The lowest BCUT2D eigenvalue weighted by Crippen LogP contribution is -2.19. The number of Topliss-reactive ketones (excluding diaryl/α,β-unsaturated/α-hetero) is 1. The third-order valence-electron chi connectivity index (χ3n) is 4.31. The summed E-state index contributed by atoms with van der Waals surface area (Å²) in [6.45, 7) is 3.67. The number of benzene rings is 2. The summed E-state index contributed by atoms with van der Waals surface area (Å²) < 4.78 is 5.71. The Balaban J connectivity index is 2.07. The predicted octanol–water partition coefficient (Wildman–Crippen LogP) is 4.78. The van der Waals surface area contributed by atoms with Crippen molar-refractivity contribution in [2.75, 3.05) is 27.2 Å². The van der Waals surface area contributed by atoms with Crippen LogP contribution < -0.4 is 4.74 Å². The topological polar surface area (TPSA) is 29.5 Å². The number of hydrogen-bond donors (Lipinski definition) is 0. The Hall–Kier alpha value is -2.13. The van der Waals surface area contributed by atoms with E-state index in [1.54, 1.807) is 0 Å². The third-order valence-corrected chi connectivity index (χ3v) is 4.31. The predicted molar refractivity (Wildman–Crippen MR) is 104 cm³/mol. The van der Waals surface area contributed by atoms with Crippen LogP contribution in [-0.4, -0.2) is 37.9 Å². The second-order valence-corrected chi connectivity index (χ2v) is 6.65. The van der Waals surface area contributed by atoms with Crippen molar-refractivity contribution in [3.8, 4) is 5.75 Å². The molecule has 0 aliphatic heterocycles. The summed E-state index contributed by atoms with van der Waals surface area (Å²) in [4.78, 5) is 15.1. The van der Waals surface area contributed by atoms with Crippen molar-refractivity contribution in [3.63, 3.8) is 0 Å². The Kier molecular flexibility index (Phi) is 7.68. The summed E-state index contributed by atoms with van der Waals surface area (Å²) in [5.74, 6) is 0.935. The maximum absolute atomic E-state index is 13.0. The molecule has 0 saturated carbocycles. The number of carbonyl (C=O) groups excluding carboxylic acids is 1. The van der Waals surface area contributed by atoms with E-state index < -0.39 is 0 Å². The minimum Gasteiger partial charge on any atom is -0.492 e. The van der Waals surface area contributed by atoms with Gasteiger partial charge in [-0.3, -0.25) is 4.79 Å². The van der Waals surface area contributed by atoms with Gasteiger partial charge in [0.25, 0.3) is 0 Å². The second-order valence-electron chi connectivity index (χ2n) is 6.65. The highest BCUT2D eigenvalue weighted by Gasteiger charge is 2.21. The lowest BCUT2D eigenvalue weighted by atomic mass is 9.86. The summed E-state index contributed by atoms with van der Waals surface area (Å²) in [5, 5.41) is 0. The molecule has 0 saturated heterocycles. The fourth-order valence-corrected chi connectivity index (χ4v) is 2.81.